The molecule has 0 fully saturated rings. The lowest BCUT2D eigenvalue weighted by atomic mass is 9.96. The van der Waals surface area contributed by atoms with Crippen molar-refractivity contribution >= 4 is 0 Å². The minimum absolute atomic E-state index is 0.248. The normalized spacial score (nSPS) is 11.7. The van der Waals surface area contributed by atoms with Crippen molar-refractivity contribution in [3.8, 4) is 0 Å². The first kappa shape index (κ1) is 8.90. The maximum absolute atomic E-state index is 11.2. The highest BCUT2D eigenvalue weighted by atomic mass is 16.5. The van der Waals surface area contributed by atoms with Gasteiger partial charge in [0.1, 0.15) is 5.69 Å². The average molecular weight is 167 g/mol. The van der Waals surface area contributed by atoms with E-state index in [4.69, 9.17) is 0 Å². The molecule has 1 rings (SSSR count). The van der Waals surface area contributed by atoms with E-state index >= 15 is 0 Å². The van der Waals surface area contributed by atoms with Crippen LogP contribution in [0.3, 0.4) is 0 Å². The molecule has 0 aliphatic rings. The second kappa shape index (κ2) is 2.69. The molecule has 0 aromatic carbocycles. The third-order valence-electron chi connectivity index (χ3n) is 1.47. The largest absolute Gasteiger partial charge is 0.691 e. The molecule has 0 saturated heterocycles. The van der Waals surface area contributed by atoms with Crippen LogP contribution in [0.1, 0.15) is 32.3 Å². The van der Waals surface area contributed by atoms with Gasteiger partial charge in [-0.1, -0.05) is 5.10 Å². The molecular weight excluding hydrogens is 154 g/mol. The van der Waals surface area contributed by atoms with Crippen LogP contribution in [0.25, 0.3) is 0 Å². The maximum Gasteiger partial charge on any atom is 0.327 e. The first-order valence-corrected chi connectivity index (χ1v) is 3.85. The Morgan fingerprint density at radius 1 is 1.42 bits per heavy atom. The van der Waals surface area contributed by atoms with Gasteiger partial charge < -0.3 is 5.21 Å². The van der Waals surface area contributed by atoms with E-state index in [0.717, 1.165) is 0 Å². The Balaban J connectivity index is 3.19. The molecule has 0 bridgehead atoms. The fraction of sp³-hybridized carbons (Fsp3) is 0.625. The lowest BCUT2D eigenvalue weighted by molar-refractivity contribution is -0.684. The van der Waals surface area contributed by atoms with Crippen molar-refractivity contribution in [3.05, 3.63) is 22.9 Å². The van der Waals surface area contributed by atoms with Gasteiger partial charge in [0.05, 0.1) is 5.41 Å². The number of aromatic nitrogens is 3. The van der Waals surface area contributed by atoms with Crippen molar-refractivity contribution in [1.29, 1.82) is 0 Å². The summed E-state index contributed by atoms with van der Waals surface area (Å²) in [6.07, 6.45) is 1.61. The van der Waals surface area contributed by atoms with Crippen LogP contribution in [0.4, 0.5) is 0 Å². The topological polar surface area (TPSA) is 52.7 Å². The smallest absolute Gasteiger partial charge is 0.327 e. The zero-order valence-corrected chi connectivity index (χ0v) is 7.83. The Hall–Kier alpha value is -1.19. The van der Waals surface area contributed by atoms with Gasteiger partial charge >= 0.3 is 5.82 Å². The number of hydrogen-bond donors (Lipinski definition) is 0. The van der Waals surface area contributed by atoms with Gasteiger partial charge in [-0.05, 0) is 32.7 Å². The maximum atomic E-state index is 11.2. The summed E-state index contributed by atoms with van der Waals surface area (Å²) in [5.74, 6) is 0.452. The molecule has 1 aromatic rings. The highest BCUT2D eigenvalue weighted by molar-refractivity contribution is 4.96. The molecule has 66 valence electrons. The van der Waals surface area contributed by atoms with Crippen molar-refractivity contribution in [1.82, 2.24) is 10.1 Å². The van der Waals surface area contributed by atoms with Crippen LogP contribution in [0, 0.1) is 12.1 Å². The van der Waals surface area contributed by atoms with Crippen molar-refractivity contribution in [2.75, 3.05) is 0 Å². The van der Waals surface area contributed by atoms with Crippen LogP contribution in [0.2, 0.25) is 0 Å². The van der Waals surface area contributed by atoms with Crippen molar-refractivity contribution in [2.45, 2.75) is 33.1 Å². The van der Waals surface area contributed by atoms with Gasteiger partial charge in [-0.25, -0.2) is 0 Å². The average Bonchev–Trinajstić information content (AvgIpc) is 1.83. The Labute approximate surface area is 71.8 Å². The van der Waals surface area contributed by atoms with Crippen molar-refractivity contribution in [3.63, 3.8) is 0 Å². The van der Waals surface area contributed by atoms with E-state index < -0.39 is 0 Å². The predicted molar refractivity (Wildman–Crippen MR) is 44.4 cm³/mol. The summed E-state index contributed by atoms with van der Waals surface area (Å²) in [6.45, 7) is 7.54. The van der Waals surface area contributed by atoms with Crippen LogP contribution < -0.4 is 4.85 Å². The standard InChI is InChI=1S/C8H13N3O/c1-6-5-9-7(8(2,3)4)11(12)10-6/h5H,1-4H3. The summed E-state index contributed by atoms with van der Waals surface area (Å²) in [5.41, 5.74) is 0.389. The van der Waals surface area contributed by atoms with E-state index in [-0.39, 0.29) is 5.41 Å². The SMILES string of the molecule is Cc1cnc(C(C)(C)C)[n+]([O-])n1. The van der Waals surface area contributed by atoms with Crippen LogP contribution in [-0.2, 0) is 5.41 Å². The Bertz CT molecular complexity index is 291. The van der Waals surface area contributed by atoms with Gasteiger partial charge in [0.2, 0.25) is 0 Å². The first-order valence-electron chi connectivity index (χ1n) is 3.85. The lowest BCUT2D eigenvalue weighted by Crippen LogP contribution is -2.43. The van der Waals surface area contributed by atoms with E-state index in [9.17, 15) is 5.21 Å². The van der Waals surface area contributed by atoms with Gasteiger partial charge in [0.15, 0.2) is 6.20 Å². The van der Waals surface area contributed by atoms with Gasteiger partial charge in [0, 0.05) is 0 Å². The molecule has 0 amide bonds. The third kappa shape index (κ3) is 1.69. The van der Waals surface area contributed by atoms with E-state index in [1.165, 1.54) is 0 Å². The van der Waals surface area contributed by atoms with Gasteiger partial charge in [0.25, 0.3) is 0 Å². The Kier molecular flexibility index (Phi) is 2.00. The summed E-state index contributed by atoms with van der Waals surface area (Å²) in [5, 5.41) is 15.0. The molecule has 0 N–H and O–H groups in total. The Morgan fingerprint density at radius 3 is 2.42 bits per heavy atom. The molecule has 0 atom stereocenters. The van der Waals surface area contributed by atoms with Crippen molar-refractivity contribution in [2.24, 2.45) is 0 Å². The monoisotopic (exact) mass is 167 g/mol. The minimum atomic E-state index is -0.248. The molecule has 4 heteroatoms. The summed E-state index contributed by atoms with van der Waals surface area (Å²) in [6, 6.07) is 0. The van der Waals surface area contributed by atoms with Crippen LogP contribution in [0.5, 0.6) is 0 Å². The van der Waals surface area contributed by atoms with Crippen LogP contribution >= 0.6 is 0 Å². The molecule has 1 aromatic heterocycles. The fourth-order valence-corrected chi connectivity index (χ4v) is 0.901. The summed E-state index contributed by atoms with van der Waals surface area (Å²) in [7, 11) is 0. The quantitative estimate of drug-likeness (QED) is 0.422. The molecule has 0 saturated carbocycles. The summed E-state index contributed by atoms with van der Waals surface area (Å²) < 4.78 is 0. The number of rotatable bonds is 0. The second-order valence-corrected chi connectivity index (χ2v) is 3.85. The molecule has 0 spiro atoms. The molecule has 1 heterocycles. The molecule has 4 nitrogen and oxygen atoms in total. The minimum Gasteiger partial charge on any atom is -0.691 e. The van der Waals surface area contributed by atoms with Crippen LogP contribution in [-0.4, -0.2) is 10.1 Å². The fourth-order valence-electron chi connectivity index (χ4n) is 0.901. The predicted octanol–water partition coefficient (Wildman–Crippen LogP) is 0.716. The third-order valence-corrected chi connectivity index (χ3v) is 1.47. The molecule has 12 heavy (non-hydrogen) atoms. The Morgan fingerprint density at radius 2 is 2.00 bits per heavy atom. The summed E-state index contributed by atoms with van der Waals surface area (Å²) in [4.78, 5) is 4.63. The highest BCUT2D eigenvalue weighted by Crippen LogP contribution is 2.14. The summed E-state index contributed by atoms with van der Waals surface area (Å²) >= 11 is 0. The van der Waals surface area contributed by atoms with E-state index in [1.54, 1.807) is 13.1 Å². The van der Waals surface area contributed by atoms with E-state index in [0.29, 0.717) is 16.4 Å². The van der Waals surface area contributed by atoms with E-state index in [2.05, 4.69) is 10.1 Å². The van der Waals surface area contributed by atoms with Crippen LogP contribution in [0.15, 0.2) is 6.20 Å². The zero-order valence-electron chi connectivity index (χ0n) is 7.83. The van der Waals surface area contributed by atoms with Gasteiger partial charge in [-0.2, -0.15) is 0 Å². The van der Waals surface area contributed by atoms with Gasteiger partial charge in [-0.15, -0.1) is 4.85 Å². The molecule has 0 unspecified atom stereocenters. The van der Waals surface area contributed by atoms with Crippen molar-refractivity contribution < 1.29 is 4.85 Å². The zero-order chi connectivity index (χ0) is 9.35. The molecule has 0 aliphatic heterocycles. The van der Waals surface area contributed by atoms with Gasteiger partial charge in [-0.3, -0.25) is 0 Å². The van der Waals surface area contributed by atoms with E-state index in [1.807, 2.05) is 20.8 Å². The number of nitrogens with zero attached hydrogens (tertiary/aromatic N) is 3. The second-order valence-electron chi connectivity index (χ2n) is 3.85. The first-order chi connectivity index (χ1) is 5.41. The molecule has 0 aliphatic carbocycles. The number of hydrogen-bond acceptors (Lipinski definition) is 3. The molecular formula is C8H13N3O. The number of aryl methyl sites for hydroxylation is 1. The highest BCUT2D eigenvalue weighted by Gasteiger charge is 2.26. The molecule has 0 radical (unpaired) electrons. The lowest BCUT2D eigenvalue weighted by Gasteiger charge is -2.14.